The minimum absolute atomic E-state index is 0.115. The Morgan fingerprint density at radius 1 is 1.24 bits per heavy atom. The fraction of sp³-hybridized carbons (Fsp3) is 0.500. The van der Waals surface area contributed by atoms with Crippen LogP contribution >= 0.6 is 0 Å². The van der Waals surface area contributed by atoms with Crippen LogP contribution in [0.2, 0.25) is 0 Å². The number of nitrogens with zero attached hydrogens (tertiary/aromatic N) is 2. The summed E-state index contributed by atoms with van der Waals surface area (Å²) in [6, 6.07) is 4.36. The van der Waals surface area contributed by atoms with Gasteiger partial charge < -0.3 is 20.4 Å². The lowest BCUT2D eigenvalue weighted by atomic mass is 10.1. The highest BCUT2D eigenvalue weighted by Crippen LogP contribution is 2.12. The van der Waals surface area contributed by atoms with Gasteiger partial charge in [0.2, 0.25) is 0 Å². The van der Waals surface area contributed by atoms with Crippen LogP contribution in [0.15, 0.2) is 23.4 Å². The summed E-state index contributed by atoms with van der Waals surface area (Å²) >= 11 is 0. The smallest absolute Gasteiger partial charge is 0.170 e. The second kappa shape index (κ2) is 9.28. The van der Waals surface area contributed by atoms with Crippen molar-refractivity contribution in [1.29, 1.82) is 0 Å². The Labute approximate surface area is 123 Å². The number of hydrogen-bond donors (Lipinski definition) is 2. The van der Waals surface area contributed by atoms with Crippen LogP contribution < -0.4 is 5.73 Å². The van der Waals surface area contributed by atoms with Crippen LogP contribution in [0.1, 0.15) is 11.1 Å². The molecule has 0 aliphatic heterocycles. The summed E-state index contributed by atoms with van der Waals surface area (Å²) in [7, 11) is 3.26. The number of amidine groups is 1. The Morgan fingerprint density at radius 3 is 2.38 bits per heavy atom. The van der Waals surface area contributed by atoms with Crippen LogP contribution in [0.4, 0.5) is 4.39 Å². The first-order valence-electron chi connectivity index (χ1n) is 6.58. The molecule has 0 fully saturated rings. The van der Waals surface area contributed by atoms with Gasteiger partial charge in [0.25, 0.3) is 0 Å². The minimum atomic E-state index is -0.424. The Hall–Kier alpha value is -1.70. The van der Waals surface area contributed by atoms with E-state index in [0.29, 0.717) is 38.4 Å². The first-order valence-corrected chi connectivity index (χ1v) is 6.58. The van der Waals surface area contributed by atoms with Crippen molar-refractivity contribution >= 4 is 5.84 Å². The molecule has 0 atom stereocenters. The summed E-state index contributed by atoms with van der Waals surface area (Å²) in [6.45, 7) is 3.08. The molecule has 0 aliphatic carbocycles. The number of oxime groups is 1. The maximum Gasteiger partial charge on any atom is 0.170 e. The second-order valence-electron chi connectivity index (χ2n) is 4.60. The minimum Gasteiger partial charge on any atom is -0.409 e. The Kier molecular flexibility index (Phi) is 7.66. The zero-order valence-corrected chi connectivity index (χ0v) is 12.4. The molecule has 0 unspecified atom stereocenters. The highest BCUT2D eigenvalue weighted by Gasteiger charge is 2.09. The molecule has 1 aromatic carbocycles. The third-order valence-electron chi connectivity index (χ3n) is 2.99. The molecule has 3 N–H and O–H groups in total. The van der Waals surface area contributed by atoms with Gasteiger partial charge in [-0.1, -0.05) is 5.16 Å². The van der Waals surface area contributed by atoms with Crippen molar-refractivity contribution in [3.05, 3.63) is 35.1 Å². The third-order valence-corrected chi connectivity index (χ3v) is 2.99. The quantitative estimate of drug-likeness (QED) is 0.308. The molecule has 0 aliphatic rings. The molecule has 0 aromatic heterocycles. The number of ether oxygens (including phenoxy) is 2. The number of halogens is 1. The van der Waals surface area contributed by atoms with E-state index >= 15 is 0 Å². The largest absolute Gasteiger partial charge is 0.409 e. The highest BCUT2D eigenvalue weighted by atomic mass is 19.1. The zero-order chi connectivity index (χ0) is 15.7. The van der Waals surface area contributed by atoms with E-state index in [9.17, 15) is 4.39 Å². The maximum absolute atomic E-state index is 13.6. The molecule has 0 spiro atoms. The van der Waals surface area contributed by atoms with Crippen molar-refractivity contribution in [2.75, 3.05) is 40.5 Å². The summed E-state index contributed by atoms with van der Waals surface area (Å²) in [4.78, 5) is 2.08. The van der Waals surface area contributed by atoms with Gasteiger partial charge in [-0.2, -0.15) is 0 Å². The molecule has 0 radical (unpaired) electrons. The Morgan fingerprint density at radius 2 is 1.86 bits per heavy atom. The summed E-state index contributed by atoms with van der Waals surface area (Å²) in [5.74, 6) is -0.538. The van der Waals surface area contributed by atoms with Crippen LogP contribution in [0.5, 0.6) is 0 Å². The lowest BCUT2D eigenvalue weighted by Crippen LogP contribution is -2.30. The molecular weight excluding hydrogens is 277 g/mol. The monoisotopic (exact) mass is 299 g/mol. The van der Waals surface area contributed by atoms with Crippen LogP contribution in [0, 0.1) is 5.82 Å². The number of hydrogen-bond acceptors (Lipinski definition) is 5. The maximum atomic E-state index is 13.6. The van der Waals surface area contributed by atoms with Crippen molar-refractivity contribution in [3.63, 3.8) is 0 Å². The second-order valence-corrected chi connectivity index (χ2v) is 4.60. The summed E-state index contributed by atoms with van der Waals surface area (Å²) in [5, 5.41) is 11.6. The van der Waals surface area contributed by atoms with Crippen molar-refractivity contribution in [3.8, 4) is 0 Å². The first-order chi connectivity index (χ1) is 10.1. The lowest BCUT2D eigenvalue weighted by Gasteiger charge is -2.22. The molecule has 1 rings (SSSR count). The van der Waals surface area contributed by atoms with Crippen LogP contribution in [0.3, 0.4) is 0 Å². The molecule has 0 amide bonds. The van der Waals surface area contributed by atoms with E-state index in [4.69, 9.17) is 20.4 Å². The summed E-state index contributed by atoms with van der Waals surface area (Å²) in [5.41, 5.74) is 6.60. The summed E-state index contributed by atoms with van der Waals surface area (Å²) in [6.07, 6.45) is 0. The normalized spacial score (nSPS) is 12.1. The van der Waals surface area contributed by atoms with Gasteiger partial charge in [0.05, 0.1) is 13.2 Å². The SMILES string of the molecule is COCCN(CCOC)Cc1cc(F)cc(/C(N)=N/O)c1. The lowest BCUT2D eigenvalue weighted by molar-refractivity contribution is 0.110. The van der Waals surface area contributed by atoms with E-state index in [2.05, 4.69) is 10.1 Å². The van der Waals surface area contributed by atoms with Gasteiger partial charge in [-0.15, -0.1) is 0 Å². The molecule has 0 saturated heterocycles. The van der Waals surface area contributed by atoms with Crippen molar-refractivity contribution in [2.24, 2.45) is 10.9 Å². The molecular formula is C14H22FN3O3. The van der Waals surface area contributed by atoms with E-state index in [0.717, 1.165) is 5.56 Å². The fourth-order valence-corrected chi connectivity index (χ4v) is 1.92. The van der Waals surface area contributed by atoms with Crippen LogP contribution in [-0.4, -0.2) is 56.5 Å². The van der Waals surface area contributed by atoms with E-state index in [1.807, 2.05) is 0 Å². The number of benzene rings is 1. The van der Waals surface area contributed by atoms with Gasteiger partial charge >= 0.3 is 0 Å². The average Bonchev–Trinajstić information content (AvgIpc) is 2.48. The van der Waals surface area contributed by atoms with Crippen LogP contribution in [-0.2, 0) is 16.0 Å². The molecule has 21 heavy (non-hydrogen) atoms. The fourth-order valence-electron chi connectivity index (χ4n) is 1.92. The van der Waals surface area contributed by atoms with Gasteiger partial charge in [-0.3, -0.25) is 4.90 Å². The molecule has 0 bridgehead atoms. The molecule has 7 heteroatoms. The van der Waals surface area contributed by atoms with E-state index in [1.54, 1.807) is 20.3 Å². The third kappa shape index (κ3) is 6.07. The topological polar surface area (TPSA) is 80.3 Å². The molecule has 118 valence electrons. The molecule has 1 aromatic rings. The predicted molar refractivity (Wildman–Crippen MR) is 77.9 cm³/mol. The van der Waals surface area contributed by atoms with Gasteiger partial charge in [-0.05, 0) is 23.8 Å². The average molecular weight is 299 g/mol. The number of rotatable bonds is 9. The van der Waals surface area contributed by atoms with E-state index < -0.39 is 5.82 Å². The molecule has 0 saturated carbocycles. The van der Waals surface area contributed by atoms with Crippen molar-refractivity contribution < 1.29 is 19.1 Å². The predicted octanol–water partition coefficient (Wildman–Crippen LogP) is 1.02. The Balaban J connectivity index is 2.83. The Bertz CT molecular complexity index is 461. The van der Waals surface area contributed by atoms with Gasteiger partial charge in [0.15, 0.2) is 5.84 Å². The standard InChI is InChI=1S/C14H22FN3O3/c1-20-5-3-18(4-6-21-2)10-11-7-12(14(16)17-19)9-13(15)8-11/h7-9,19H,3-6,10H2,1-2H3,(H2,16,17). The highest BCUT2D eigenvalue weighted by molar-refractivity contribution is 5.97. The molecule has 0 heterocycles. The van der Waals surface area contributed by atoms with E-state index in [1.165, 1.54) is 12.1 Å². The number of methoxy groups -OCH3 is 2. The van der Waals surface area contributed by atoms with Crippen molar-refractivity contribution in [1.82, 2.24) is 4.90 Å². The van der Waals surface area contributed by atoms with Gasteiger partial charge in [0, 0.05) is 39.4 Å². The summed E-state index contributed by atoms with van der Waals surface area (Å²) < 4.78 is 23.7. The van der Waals surface area contributed by atoms with Crippen molar-refractivity contribution in [2.45, 2.75) is 6.54 Å². The zero-order valence-electron chi connectivity index (χ0n) is 12.4. The van der Waals surface area contributed by atoms with Crippen LogP contribution in [0.25, 0.3) is 0 Å². The van der Waals surface area contributed by atoms with Gasteiger partial charge in [0.1, 0.15) is 5.82 Å². The molecule has 6 nitrogen and oxygen atoms in total. The first kappa shape index (κ1) is 17.4. The van der Waals surface area contributed by atoms with E-state index in [-0.39, 0.29) is 5.84 Å². The van der Waals surface area contributed by atoms with Gasteiger partial charge in [-0.25, -0.2) is 4.39 Å². The number of nitrogens with two attached hydrogens (primary N) is 1.